The Labute approximate surface area is 62.1 Å². The minimum Gasteiger partial charge on any atom is -0.499 e. The largest absolute Gasteiger partial charge is 0.499 e. The van der Waals surface area contributed by atoms with Gasteiger partial charge < -0.3 is 9.47 Å². The van der Waals surface area contributed by atoms with Gasteiger partial charge in [-0.3, -0.25) is 0 Å². The predicted octanol–water partition coefficient (Wildman–Crippen LogP) is 1.74. The fourth-order valence-electron chi connectivity index (χ4n) is 0.437. The fraction of sp³-hybridized carbons (Fsp3) is 0.500. The highest BCUT2D eigenvalue weighted by Crippen LogP contribution is 1.87. The monoisotopic (exact) mass is 142 g/mol. The molecule has 0 bridgehead atoms. The summed E-state index contributed by atoms with van der Waals surface area (Å²) in [6, 6.07) is 0. The molecule has 0 radical (unpaired) electrons. The van der Waals surface area contributed by atoms with Gasteiger partial charge in [0.2, 0.25) is 0 Å². The average molecular weight is 142 g/mol. The van der Waals surface area contributed by atoms with Crippen molar-refractivity contribution in [2.45, 2.75) is 6.92 Å². The second-order valence-electron chi connectivity index (χ2n) is 2.05. The van der Waals surface area contributed by atoms with Crippen LogP contribution in [0.15, 0.2) is 25.0 Å². The van der Waals surface area contributed by atoms with E-state index in [1.54, 1.807) is 0 Å². The van der Waals surface area contributed by atoms with E-state index < -0.39 is 0 Å². The van der Waals surface area contributed by atoms with E-state index in [0.29, 0.717) is 19.8 Å². The maximum atomic E-state index is 5.12. The summed E-state index contributed by atoms with van der Waals surface area (Å²) >= 11 is 0. The van der Waals surface area contributed by atoms with Gasteiger partial charge in [0.25, 0.3) is 0 Å². The van der Waals surface area contributed by atoms with Gasteiger partial charge >= 0.3 is 0 Å². The Kier molecular flexibility index (Phi) is 5.88. The SMILES string of the molecule is C=COCCOCC(=C)C. The summed E-state index contributed by atoms with van der Waals surface area (Å²) in [6.07, 6.45) is 1.41. The molecule has 58 valence electrons. The van der Waals surface area contributed by atoms with E-state index in [9.17, 15) is 0 Å². The van der Waals surface area contributed by atoms with Gasteiger partial charge in [-0.2, -0.15) is 0 Å². The molecular formula is C8H14O2. The van der Waals surface area contributed by atoms with Gasteiger partial charge in [-0.15, -0.1) is 0 Å². The number of rotatable bonds is 6. The second kappa shape index (κ2) is 6.36. The van der Waals surface area contributed by atoms with Crippen LogP contribution in [0.1, 0.15) is 6.92 Å². The minimum absolute atomic E-state index is 0.566. The zero-order valence-corrected chi connectivity index (χ0v) is 6.43. The van der Waals surface area contributed by atoms with Crippen LogP contribution in [0, 0.1) is 0 Å². The summed E-state index contributed by atoms with van der Waals surface area (Å²) in [6.45, 7) is 10.8. The Balaban J connectivity index is 2.90. The molecule has 0 N–H and O–H groups in total. The van der Waals surface area contributed by atoms with Gasteiger partial charge in [-0.1, -0.05) is 18.7 Å². The van der Waals surface area contributed by atoms with Crippen LogP contribution in [0.2, 0.25) is 0 Å². The first-order chi connectivity index (χ1) is 4.77. The van der Waals surface area contributed by atoms with Gasteiger partial charge in [0.1, 0.15) is 6.61 Å². The Morgan fingerprint density at radius 2 is 2.20 bits per heavy atom. The lowest BCUT2D eigenvalue weighted by Crippen LogP contribution is -2.02. The van der Waals surface area contributed by atoms with Crippen molar-refractivity contribution in [3.63, 3.8) is 0 Å². The molecule has 0 saturated heterocycles. The van der Waals surface area contributed by atoms with Crippen molar-refractivity contribution in [2.24, 2.45) is 0 Å². The molecule has 0 unspecified atom stereocenters. The third-order valence-electron chi connectivity index (χ3n) is 0.812. The predicted molar refractivity (Wildman–Crippen MR) is 41.8 cm³/mol. The minimum atomic E-state index is 0.566. The van der Waals surface area contributed by atoms with Crippen LogP contribution in [0.5, 0.6) is 0 Å². The van der Waals surface area contributed by atoms with Crippen LogP contribution in [0.4, 0.5) is 0 Å². The van der Waals surface area contributed by atoms with E-state index in [1.807, 2.05) is 6.92 Å². The quantitative estimate of drug-likeness (QED) is 0.319. The van der Waals surface area contributed by atoms with Gasteiger partial charge in [-0.05, 0) is 6.92 Å². The van der Waals surface area contributed by atoms with Gasteiger partial charge in [0.05, 0.1) is 19.5 Å². The van der Waals surface area contributed by atoms with Crippen LogP contribution < -0.4 is 0 Å². The molecule has 2 nitrogen and oxygen atoms in total. The van der Waals surface area contributed by atoms with Crippen LogP contribution in [0.25, 0.3) is 0 Å². The van der Waals surface area contributed by atoms with E-state index >= 15 is 0 Å². The normalized spacial score (nSPS) is 8.90. The molecule has 0 aromatic carbocycles. The fourth-order valence-corrected chi connectivity index (χ4v) is 0.437. The first-order valence-electron chi connectivity index (χ1n) is 3.22. The van der Waals surface area contributed by atoms with Crippen LogP contribution in [-0.2, 0) is 9.47 Å². The third kappa shape index (κ3) is 7.24. The molecule has 0 aliphatic heterocycles. The smallest absolute Gasteiger partial charge is 0.111 e. The molecule has 0 aliphatic rings. The molecule has 0 atom stereocenters. The standard InChI is InChI=1S/C8H14O2/c1-4-9-5-6-10-7-8(2)3/h4H,1-2,5-7H2,3H3. The molecule has 0 rings (SSSR count). The zero-order valence-electron chi connectivity index (χ0n) is 6.43. The average Bonchev–Trinajstić information content (AvgIpc) is 1.87. The van der Waals surface area contributed by atoms with E-state index in [2.05, 4.69) is 13.2 Å². The van der Waals surface area contributed by atoms with E-state index in [-0.39, 0.29) is 0 Å². The van der Waals surface area contributed by atoms with Crippen molar-refractivity contribution < 1.29 is 9.47 Å². The molecule has 10 heavy (non-hydrogen) atoms. The van der Waals surface area contributed by atoms with Crippen molar-refractivity contribution in [1.82, 2.24) is 0 Å². The third-order valence-corrected chi connectivity index (χ3v) is 0.812. The lowest BCUT2D eigenvalue weighted by molar-refractivity contribution is 0.0992. The maximum Gasteiger partial charge on any atom is 0.111 e. The molecule has 0 aromatic rings. The molecular weight excluding hydrogens is 128 g/mol. The van der Waals surface area contributed by atoms with Crippen LogP contribution >= 0.6 is 0 Å². The van der Waals surface area contributed by atoms with Crippen molar-refractivity contribution in [3.05, 3.63) is 25.0 Å². The topological polar surface area (TPSA) is 18.5 Å². The highest BCUT2D eigenvalue weighted by molar-refractivity contribution is 4.87. The lowest BCUT2D eigenvalue weighted by atomic mass is 10.4. The van der Waals surface area contributed by atoms with Gasteiger partial charge in [-0.25, -0.2) is 0 Å². The van der Waals surface area contributed by atoms with Crippen molar-refractivity contribution >= 4 is 0 Å². The summed E-state index contributed by atoms with van der Waals surface area (Å²) in [5, 5.41) is 0. The molecule has 0 fully saturated rings. The maximum absolute atomic E-state index is 5.12. The van der Waals surface area contributed by atoms with E-state index in [0.717, 1.165) is 5.57 Å². The highest BCUT2D eigenvalue weighted by Gasteiger charge is 1.86. The molecule has 0 saturated carbocycles. The highest BCUT2D eigenvalue weighted by atomic mass is 16.5. The van der Waals surface area contributed by atoms with E-state index in [1.165, 1.54) is 6.26 Å². The lowest BCUT2D eigenvalue weighted by Gasteiger charge is -2.02. The summed E-state index contributed by atoms with van der Waals surface area (Å²) in [7, 11) is 0. The second-order valence-corrected chi connectivity index (χ2v) is 2.05. The Bertz CT molecular complexity index is 108. The van der Waals surface area contributed by atoms with Crippen LogP contribution in [0.3, 0.4) is 0 Å². The van der Waals surface area contributed by atoms with Crippen molar-refractivity contribution in [3.8, 4) is 0 Å². The molecule has 0 amide bonds. The van der Waals surface area contributed by atoms with Crippen molar-refractivity contribution in [2.75, 3.05) is 19.8 Å². The first kappa shape index (κ1) is 9.24. The zero-order chi connectivity index (χ0) is 7.82. The number of hydrogen-bond acceptors (Lipinski definition) is 2. The Morgan fingerprint density at radius 1 is 1.50 bits per heavy atom. The molecule has 0 spiro atoms. The first-order valence-corrected chi connectivity index (χ1v) is 3.22. The number of hydrogen-bond donors (Lipinski definition) is 0. The summed E-state index contributed by atoms with van der Waals surface area (Å²) in [5.74, 6) is 0. The van der Waals surface area contributed by atoms with Gasteiger partial charge in [0, 0.05) is 0 Å². The number of ether oxygens (including phenoxy) is 2. The summed E-state index contributed by atoms with van der Waals surface area (Å²) in [4.78, 5) is 0. The van der Waals surface area contributed by atoms with Crippen LogP contribution in [-0.4, -0.2) is 19.8 Å². The molecule has 0 aliphatic carbocycles. The van der Waals surface area contributed by atoms with Crippen molar-refractivity contribution in [1.29, 1.82) is 0 Å². The molecule has 0 heterocycles. The van der Waals surface area contributed by atoms with E-state index in [4.69, 9.17) is 9.47 Å². The Hall–Kier alpha value is -0.760. The summed E-state index contributed by atoms with van der Waals surface area (Å²) < 4.78 is 9.95. The molecule has 0 aromatic heterocycles. The summed E-state index contributed by atoms with van der Waals surface area (Å²) in [5.41, 5.74) is 1.03. The Morgan fingerprint density at radius 3 is 2.70 bits per heavy atom. The molecule has 2 heteroatoms. The van der Waals surface area contributed by atoms with Gasteiger partial charge in [0.15, 0.2) is 0 Å².